The van der Waals surface area contributed by atoms with Crippen molar-refractivity contribution in [1.82, 2.24) is 4.90 Å². The van der Waals surface area contributed by atoms with E-state index in [1.165, 1.54) is 0 Å². The molecule has 21 heavy (non-hydrogen) atoms. The zero-order valence-electron chi connectivity index (χ0n) is 12.0. The molecule has 1 aliphatic heterocycles. The van der Waals surface area contributed by atoms with Crippen LogP contribution in [0.5, 0.6) is 0 Å². The van der Waals surface area contributed by atoms with E-state index in [4.69, 9.17) is 22.7 Å². The highest BCUT2D eigenvalue weighted by Gasteiger charge is 2.10. The van der Waals surface area contributed by atoms with Crippen LogP contribution in [-0.4, -0.2) is 48.6 Å². The molecule has 3 N–H and O–H groups in total. The first kappa shape index (κ1) is 15.9. The van der Waals surface area contributed by atoms with E-state index < -0.39 is 0 Å². The van der Waals surface area contributed by atoms with Gasteiger partial charge in [-0.2, -0.15) is 0 Å². The Balaban J connectivity index is 1.70. The third-order valence-electron chi connectivity index (χ3n) is 3.44. The minimum absolute atomic E-state index is 0.0336. The fourth-order valence-corrected chi connectivity index (χ4v) is 2.37. The van der Waals surface area contributed by atoms with E-state index in [9.17, 15) is 4.79 Å². The second-order valence-electron chi connectivity index (χ2n) is 5.05. The molecule has 1 heterocycles. The molecule has 1 saturated heterocycles. The number of nitrogens with two attached hydrogens (primary N) is 1. The molecule has 0 aromatic heterocycles. The standard InChI is InChI=1S/C15H21N3O2S/c16-15(21)12-3-5-13(6-4-12)17-14(19)2-1-7-18-8-10-20-11-9-18/h3-6H,1-2,7-11H2,(H2,16,21)(H,17,19). The Morgan fingerprint density at radius 1 is 1.29 bits per heavy atom. The summed E-state index contributed by atoms with van der Waals surface area (Å²) in [7, 11) is 0. The summed E-state index contributed by atoms with van der Waals surface area (Å²) >= 11 is 4.89. The molecule has 0 radical (unpaired) electrons. The second kappa shape index (κ2) is 8.07. The number of morpholine rings is 1. The number of carbonyl (C=O) groups is 1. The number of ether oxygens (including phenoxy) is 1. The fraction of sp³-hybridized carbons (Fsp3) is 0.467. The molecule has 1 aromatic rings. The molecule has 2 rings (SSSR count). The molecule has 6 heteroatoms. The number of hydrogen-bond donors (Lipinski definition) is 2. The maximum Gasteiger partial charge on any atom is 0.224 e. The van der Waals surface area contributed by atoms with Gasteiger partial charge in [0.25, 0.3) is 0 Å². The molecule has 0 saturated carbocycles. The largest absolute Gasteiger partial charge is 0.389 e. The molecule has 1 aliphatic rings. The number of hydrogen-bond acceptors (Lipinski definition) is 4. The van der Waals surface area contributed by atoms with Crippen LogP contribution in [0.4, 0.5) is 5.69 Å². The summed E-state index contributed by atoms with van der Waals surface area (Å²) in [6.07, 6.45) is 1.38. The summed E-state index contributed by atoms with van der Waals surface area (Å²) < 4.78 is 5.29. The average Bonchev–Trinajstić information content (AvgIpc) is 2.49. The van der Waals surface area contributed by atoms with Crippen LogP contribution in [0.3, 0.4) is 0 Å². The van der Waals surface area contributed by atoms with E-state index in [2.05, 4.69) is 10.2 Å². The molecule has 0 atom stereocenters. The molecular weight excluding hydrogens is 286 g/mol. The van der Waals surface area contributed by atoms with Crippen molar-refractivity contribution in [3.05, 3.63) is 29.8 Å². The molecule has 0 unspecified atom stereocenters. The van der Waals surface area contributed by atoms with Crippen LogP contribution in [0.25, 0.3) is 0 Å². The lowest BCUT2D eigenvalue weighted by atomic mass is 10.2. The maximum atomic E-state index is 11.9. The highest BCUT2D eigenvalue weighted by atomic mass is 32.1. The molecule has 0 spiro atoms. The first-order chi connectivity index (χ1) is 10.1. The zero-order valence-corrected chi connectivity index (χ0v) is 12.8. The van der Waals surface area contributed by atoms with Crippen LogP contribution in [0, 0.1) is 0 Å². The van der Waals surface area contributed by atoms with Crippen molar-refractivity contribution < 1.29 is 9.53 Å². The van der Waals surface area contributed by atoms with E-state index in [1.807, 2.05) is 24.3 Å². The Bertz CT molecular complexity index is 484. The molecule has 0 bridgehead atoms. The fourth-order valence-electron chi connectivity index (χ4n) is 2.23. The second-order valence-corrected chi connectivity index (χ2v) is 5.49. The van der Waals surface area contributed by atoms with Crippen molar-refractivity contribution in [2.75, 3.05) is 38.2 Å². The predicted molar refractivity (Wildman–Crippen MR) is 87.5 cm³/mol. The van der Waals surface area contributed by atoms with Crippen LogP contribution in [0.15, 0.2) is 24.3 Å². The number of nitrogens with one attached hydrogen (secondary N) is 1. The zero-order chi connectivity index (χ0) is 15.1. The normalized spacial score (nSPS) is 15.6. The van der Waals surface area contributed by atoms with Gasteiger partial charge < -0.3 is 15.8 Å². The van der Waals surface area contributed by atoms with Crippen LogP contribution in [0.1, 0.15) is 18.4 Å². The number of benzene rings is 1. The van der Waals surface area contributed by atoms with E-state index in [0.717, 1.165) is 50.5 Å². The minimum Gasteiger partial charge on any atom is -0.389 e. The highest BCUT2D eigenvalue weighted by molar-refractivity contribution is 7.80. The van der Waals surface area contributed by atoms with Gasteiger partial charge in [-0.25, -0.2) is 0 Å². The molecule has 1 aromatic carbocycles. The number of amides is 1. The van der Waals surface area contributed by atoms with Crippen molar-refractivity contribution in [2.45, 2.75) is 12.8 Å². The van der Waals surface area contributed by atoms with Crippen molar-refractivity contribution in [3.63, 3.8) is 0 Å². The summed E-state index contributed by atoms with van der Waals surface area (Å²) in [6.45, 7) is 4.45. The first-order valence-corrected chi connectivity index (χ1v) is 7.56. The molecule has 114 valence electrons. The molecule has 0 aliphatic carbocycles. The summed E-state index contributed by atoms with van der Waals surface area (Å²) in [5.41, 5.74) is 7.10. The minimum atomic E-state index is 0.0336. The summed E-state index contributed by atoms with van der Waals surface area (Å²) in [6, 6.07) is 7.25. The van der Waals surface area contributed by atoms with Gasteiger partial charge in [0.15, 0.2) is 0 Å². The van der Waals surface area contributed by atoms with Gasteiger partial charge in [-0.15, -0.1) is 0 Å². The van der Waals surface area contributed by atoms with Gasteiger partial charge in [-0.3, -0.25) is 9.69 Å². The van der Waals surface area contributed by atoms with Crippen LogP contribution in [0.2, 0.25) is 0 Å². The number of thiocarbonyl (C=S) groups is 1. The quantitative estimate of drug-likeness (QED) is 0.777. The molecule has 1 amide bonds. The SMILES string of the molecule is NC(=S)c1ccc(NC(=O)CCCN2CCOCC2)cc1. The van der Waals surface area contributed by atoms with Crippen LogP contribution in [-0.2, 0) is 9.53 Å². The summed E-state index contributed by atoms with van der Waals surface area (Å²) in [4.78, 5) is 14.6. The lowest BCUT2D eigenvalue weighted by Crippen LogP contribution is -2.37. The number of nitrogens with zero attached hydrogens (tertiary/aromatic N) is 1. The topological polar surface area (TPSA) is 67.6 Å². The van der Waals surface area contributed by atoms with E-state index in [0.29, 0.717) is 11.4 Å². The summed E-state index contributed by atoms with van der Waals surface area (Å²) in [5, 5.41) is 2.88. The lowest BCUT2D eigenvalue weighted by Gasteiger charge is -2.26. The van der Waals surface area contributed by atoms with Crippen LogP contribution < -0.4 is 11.1 Å². The maximum absolute atomic E-state index is 11.9. The first-order valence-electron chi connectivity index (χ1n) is 7.15. The lowest BCUT2D eigenvalue weighted by molar-refractivity contribution is -0.116. The number of rotatable bonds is 6. The Kier molecular flexibility index (Phi) is 6.10. The van der Waals surface area contributed by atoms with Gasteiger partial charge in [0.05, 0.1) is 13.2 Å². The number of carbonyl (C=O) groups excluding carboxylic acids is 1. The van der Waals surface area contributed by atoms with Crippen molar-refractivity contribution in [3.8, 4) is 0 Å². The van der Waals surface area contributed by atoms with Crippen LogP contribution >= 0.6 is 12.2 Å². The highest BCUT2D eigenvalue weighted by Crippen LogP contribution is 2.10. The third-order valence-corrected chi connectivity index (χ3v) is 3.67. The van der Waals surface area contributed by atoms with Gasteiger partial charge >= 0.3 is 0 Å². The van der Waals surface area contributed by atoms with Gasteiger partial charge in [0.1, 0.15) is 4.99 Å². The van der Waals surface area contributed by atoms with Gasteiger partial charge in [0.2, 0.25) is 5.91 Å². The van der Waals surface area contributed by atoms with Crippen molar-refractivity contribution in [1.29, 1.82) is 0 Å². The molecule has 1 fully saturated rings. The van der Waals surface area contributed by atoms with Gasteiger partial charge in [-0.1, -0.05) is 12.2 Å². The van der Waals surface area contributed by atoms with Gasteiger partial charge in [-0.05, 0) is 37.2 Å². The van der Waals surface area contributed by atoms with E-state index >= 15 is 0 Å². The monoisotopic (exact) mass is 307 g/mol. The summed E-state index contributed by atoms with van der Waals surface area (Å²) in [5.74, 6) is 0.0336. The Morgan fingerprint density at radius 3 is 2.57 bits per heavy atom. The Hall–Kier alpha value is -1.50. The number of anilines is 1. The van der Waals surface area contributed by atoms with Crippen molar-refractivity contribution in [2.24, 2.45) is 5.73 Å². The smallest absolute Gasteiger partial charge is 0.224 e. The Morgan fingerprint density at radius 2 is 1.95 bits per heavy atom. The van der Waals surface area contributed by atoms with Gasteiger partial charge in [0, 0.05) is 30.8 Å². The van der Waals surface area contributed by atoms with Crippen molar-refractivity contribution >= 4 is 28.8 Å². The third kappa shape index (κ3) is 5.41. The molecule has 5 nitrogen and oxygen atoms in total. The molecular formula is C15H21N3O2S. The predicted octanol–water partition coefficient (Wildman–Crippen LogP) is 1.37. The van der Waals surface area contributed by atoms with E-state index in [-0.39, 0.29) is 5.91 Å². The Labute approximate surface area is 130 Å². The van der Waals surface area contributed by atoms with E-state index in [1.54, 1.807) is 0 Å². The average molecular weight is 307 g/mol.